The summed E-state index contributed by atoms with van der Waals surface area (Å²) >= 11 is 0. The monoisotopic (exact) mass is 486 g/mol. The molecule has 5 aromatic carbocycles. The van der Waals surface area contributed by atoms with Gasteiger partial charge in [0.15, 0.2) is 0 Å². The third kappa shape index (κ3) is 4.01. The van der Waals surface area contributed by atoms with Crippen LogP contribution in [0.4, 0.5) is 0 Å². The summed E-state index contributed by atoms with van der Waals surface area (Å²) in [5, 5.41) is 7.61. The molecule has 1 saturated heterocycles. The van der Waals surface area contributed by atoms with Gasteiger partial charge < -0.3 is 13.7 Å². The summed E-state index contributed by atoms with van der Waals surface area (Å²) in [6, 6.07) is 33.6. The zero-order valence-corrected chi connectivity index (χ0v) is 22.0. The quantitative estimate of drug-likeness (QED) is 0.173. The summed E-state index contributed by atoms with van der Waals surface area (Å²) in [4.78, 5) is 0. The van der Waals surface area contributed by atoms with Crippen LogP contribution in [-0.4, -0.2) is 18.3 Å². The molecule has 0 bridgehead atoms. The van der Waals surface area contributed by atoms with E-state index in [0.717, 1.165) is 27.4 Å². The van der Waals surface area contributed by atoms with Crippen molar-refractivity contribution in [3.05, 3.63) is 103 Å². The fourth-order valence-electron chi connectivity index (χ4n) is 5.17. The maximum Gasteiger partial charge on any atom is 0.498 e. The van der Waals surface area contributed by atoms with Crippen molar-refractivity contribution in [1.82, 2.24) is 0 Å². The van der Waals surface area contributed by atoms with Crippen molar-refractivity contribution in [2.24, 2.45) is 0 Å². The summed E-state index contributed by atoms with van der Waals surface area (Å²) in [6.45, 7) is 10.4. The first-order valence-corrected chi connectivity index (χ1v) is 12.9. The molecule has 0 N–H and O–H groups in total. The Morgan fingerprint density at radius 3 is 1.86 bits per heavy atom. The molecule has 0 amide bonds. The minimum atomic E-state index is -0.408. The highest BCUT2D eigenvalue weighted by atomic mass is 16.7. The molecule has 1 aliphatic heterocycles. The van der Waals surface area contributed by atoms with Crippen LogP contribution in [0.5, 0.6) is 0 Å². The van der Waals surface area contributed by atoms with Crippen LogP contribution >= 0.6 is 0 Å². The van der Waals surface area contributed by atoms with E-state index in [1.807, 2.05) is 30.3 Å². The lowest BCUT2D eigenvalue weighted by Gasteiger charge is -2.32. The van der Waals surface area contributed by atoms with Crippen LogP contribution in [-0.2, 0) is 9.31 Å². The maximum atomic E-state index is 6.17. The predicted molar refractivity (Wildman–Crippen MR) is 156 cm³/mol. The fraction of sp³-hybridized carbons (Fsp3) is 0.212. The van der Waals surface area contributed by atoms with Gasteiger partial charge in [0.05, 0.1) is 11.2 Å². The average molecular weight is 486 g/mol. The second-order valence-corrected chi connectivity index (χ2v) is 10.9. The van der Waals surface area contributed by atoms with E-state index in [2.05, 4.69) is 101 Å². The van der Waals surface area contributed by atoms with Crippen molar-refractivity contribution in [1.29, 1.82) is 0 Å². The lowest BCUT2D eigenvalue weighted by molar-refractivity contribution is 0.00578. The molecule has 0 radical (unpaired) electrons. The molecular formula is C33H31BO3. The molecular weight excluding hydrogens is 455 g/mol. The second kappa shape index (κ2) is 8.76. The van der Waals surface area contributed by atoms with Crippen molar-refractivity contribution in [2.75, 3.05) is 0 Å². The van der Waals surface area contributed by atoms with Crippen LogP contribution < -0.4 is 5.46 Å². The molecule has 6 aromatic rings. The molecule has 0 atom stereocenters. The van der Waals surface area contributed by atoms with Gasteiger partial charge in [-0.15, -0.1) is 0 Å². The topological polar surface area (TPSA) is 31.6 Å². The van der Waals surface area contributed by atoms with Crippen LogP contribution in [0.2, 0.25) is 0 Å². The Morgan fingerprint density at radius 1 is 0.568 bits per heavy atom. The highest BCUT2D eigenvalue weighted by Gasteiger charge is 2.52. The van der Waals surface area contributed by atoms with E-state index in [4.69, 9.17) is 13.7 Å². The van der Waals surface area contributed by atoms with Crippen LogP contribution in [0.15, 0.2) is 101 Å². The smallest absolute Gasteiger partial charge is 0.456 e. The van der Waals surface area contributed by atoms with Crippen LogP contribution in [0, 0.1) is 6.92 Å². The number of hydrogen-bond donors (Lipinski definition) is 0. The van der Waals surface area contributed by atoms with E-state index < -0.39 is 7.12 Å². The van der Waals surface area contributed by atoms with Gasteiger partial charge in [-0.3, -0.25) is 0 Å². The molecule has 0 unspecified atom stereocenters. The third-order valence-corrected chi connectivity index (χ3v) is 7.92. The number of aryl methyl sites for hydroxylation is 1. The van der Waals surface area contributed by atoms with Gasteiger partial charge in [0.1, 0.15) is 11.2 Å². The van der Waals surface area contributed by atoms with Gasteiger partial charge in [-0.05, 0) is 67.8 Å². The second-order valence-electron chi connectivity index (χ2n) is 10.9. The first-order chi connectivity index (χ1) is 17.7. The summed E-state index contributed by atoms with van der Waals surface area (Å²) in [6.07, 6.45) is 0. The van der Waals surface area contributed by atoms with Crippen LogP contribution in [0.1, 0.15) is 33.3 Å². The molecule has 184 valence electrons. The lowest BCUT2D eigenvalue weighted by atomic mass is 9.78. The van der Waals surface area contributed by atoms with Crippen LogP contribution in [0.3, 0.4) is 0 Å². The van der Waals surface area contributed by atoms with Crippen molar-refractivity contribution >= 4 is 56.1 Å². The number of fused-ring (bicyclic) bond motifs is 6. The minimum Gasteiger partial charge on any atom is -0.456 e. The van der Waals surface area contributed by atoms with Crippen molar-refractivity contribution in [3.63, 3.8) is 0 Å². The minimum absolute atomic E-state index is 0.355. The van der Waals surface area contributed by atoms with Gasteiger partial charge in [-0.1, -0.05) is 91.0 Å². The van der Waals surface area contributed by atoms with Crippen molar-refractivity contribution in [3.8, 4) is 0 Å². The maximum absolute atomic E-state index is 6.17. The SMILES string of the molecule is CC1(C)OB(c2cccc3c2oc2ccccc23)OC1(C)C.Cc1cc2ccccc2c2ccccc12. The Balaban J connectivity index is 0.000000146. The molecule has 0 saturated carbocycles. The average Bonchev–Trinajstić information content (AvgIpc) is 3.37. The molecule has 2 heterocycles. The fourth-order valence-corrected chi connectivity index (χ4v) is 5.17. The third-order valence-electron chi connectivity index (χ3n) is 7.92. The molecule has 3 nitrogen and oxygen atoms in total. The molecule has 4 heteroatoms. The number of rotatable bonds is 1. The molecule has 7 rings (SSSR count). The first-order valence-electron chi connectivity index (χ1n) is 12.9. The molecule has 1 aliphatic rings. The summed E-state index contributed by atoms with van der Waals surface area (Å²) in [7, 11) is -0.408. The predicted octanol–water partition coefficient (Wildman–Crippen LogP) is 8.19. The molecule has 1 aromatic heterocycles. The highest BCUT2D eigenvalue weighted by molar-refractivity contribution is 6.65. The van der Waals surface area contributed by atoms with E-state index in [0.29, 0.717) is 0 Å². The Labute approximate surface area is 218 Å². The van der Waals surface area contributed by atoms with Gasteiger partial charge in [0.2, 0.25) is 0 Å². The van der Waals surface area contributed by atoms with E-state index in [1.165, 1.54) is 27.1 Å². The number of para-hydroxylation sites is 2. The standard InChI is InChI=1S/C18H19BO3.C15H12/c1-17(2)18(3,4)22-19(21-17)14-10-7-9-13-12-8-5-6-11-15(12)20-16(13)14;1-11-10-12-6-2-3-8-14(12)15-9-5-4-7-13(11)15/h5-11H,1-4H3;2-10H,1H3. The Bertz CT molecular complexity index is 1750. The van der Waals surface area contributed by atoms with E-state index >= 15 is 0 Å². The number of furan rings is 1. The first kappa shape index (κ1) is 23.8. The molecule has 1 fully saturated rings. The van der Waals surface area contributed by atoms with Gasteiger partial charge in [0, 0.05) is 16.2 Å². The number of benzene rings is 5. The van der Waals surface area contributed by atoms with Gasteiger partial charge in [-0.25, -0.2) is 0 Å². The summed E-state index contributed by atoms with van der Waals surface area (Å²) in [5.74, 6) is 0. The van der Waals surface area contributed by atoms with E-state index in [9.17, 15) is 0 Å². The van der Waals surface area contributed by atoms with E-state index in [-0.39, 0.29) is 11.2 Å². The Hall–Kier alpha value is -3.60. The lowest BCUT2D eigenvalue weighted by Crippen LogP contribution is -2.41. The Morgan fingerprint density at radius 2 is 1.14 bits per heavy atom. The van der Waals surface area contributed by atoms with Gasteiger partial charge >= 0.3 is 7.12 Å². The molecule has 0 aliphatic carbocycles. The molecule has 0 spiro atoms. The number of hydrogen-bond acceptors (Lipinski definition) is 3. The molecule has 37 heavy (non-hydrogen) atoms. The van der Waals surface area contributed by atoms with Gasteiger partial charge in [0.25, 0.3) is 0 Å². The zero-order valence-electron chi connectivity index (χ0n) is 22.0. The Kier molecular flexibility index (Phi) is 5.63. The zero-order chi connectivity index (χ0) is 25.8. The summed E-state index contributed by atoms with van der Waals surface area (Å²) < 4.78 is 18.4. The normalized spacial score (nSPS) is 16.4. The van der Waals surface area contributed by atoms with E-state index in [1.54, 1.807) is 0 Å². The van der Waals surface area contributed by atoms with Crippen molar-refractivity contribution in [2.45, 2.75) is 45.8 Å². The highest BCUT2D eigenvalue weighted by Crippen LogP contribution is 2.38. The van der Waals surface area contributed by atoms with Crippen LogP contribution in [0.25, 0.3) is 43.5 Å². The largest absolute Gasteiger partial charge is 0.498 e. The van der Waals surface area contributed by atoms with Gasteiger partial charge in [-0.2, -0.15) is 0 Å². The van der Waals surface area contributed by atoms with Crippen molar-refractivity contribution < 1.29 is 13.7 Å². The summed E-state index contributed by atoms with van der Waals surface area (Å²) in [5.41, 5.74) is 3.33.